The summed E-state index contributed by atoms with van der Waals surface area (Å²) in [5.41, 5.74) is 6.74. The number of aromatic nitrogens is 4. The van der Waals surface area contributed by atoms with Crippen LogP contribution in [0.15, 0.2) is 42.2 Å². The average Bonchev–Trinajstić information content (AvgIpc) is 3.52. The van der Waals surface area contributed by atoms with Crippen LogP contribution in [-0.4, -0.2) is 72.9 Å². The van der Waals surface area contributed by atoms with E-state index < -0.39 is 35.8 Å². The third kappa shape index (κ3) is 6.17. The molecule has 0 bridgehead atoms. The van der Waals surface area contributed by atoms with Crippen LogP contribution in [0.25, 0.3) is 0 Å². The number of primary amides is 1. The number of carbonyl (C=O) groups excluding carboxylic acids is 4. The van der Waals surface area contributed by atoms with Crippen LogP contribution in [0.5, 0.6) is 0 Å². The van der Waals surface area contributed by atoms with Crippen molar-refractivity contribution in [1.82, 2.24) is 35.3 Å². The Morgan fingerprint density at radius 3 is 2.70 bits per heavy atom. The lowest BCUT2D eigenvalue weighted by atomic mass is 9.95. The smallest absolute Gasteiger partial charge is 0.272 e. The summed E-state index contributed by atoms with van der Waals surface area (Å²) in [5.74, 6) is -1.99. The summed E-state index contributed by atoms with van der Waals surface area (Å²) >= 11 is 1.45. The molecule has 0 spiro atoms. The zero-order valence-electron chi connectivity index (χ0n) is 20.5. The minimum absolute atomic E-state index is 0.144. The van der Waals surface area contributed by atoms with Crippen molar-refractivity contribution in [3.05, 3.63) is 64.1 Å². The number of piperidine rings is 1. The van der Waals surface area contributed by atoms with Crippen molar-refractivity contribution in [1.29, 1.82) is 0 Å². The van der Waals surface area contributed by atoms with Gasteiger partial charge in [0.05, 0.1) is 11.9 Å². The van der Waals surface area contributed by atoms with E-state index in [0.717, 1.165) is 4.88 Å². The van der Waals surface area contributed by atoms with Crippen LogP contribution < -0.4 is 16.4 Å². The topological polar surface area (TPSA) is 165 Å². The highest BCUT2D eigenvalue weighted by molar-refractivity contribution is 7.09. The summed E-state index contributed by atoms with van der Waals surface area (Å²) < 4.78 is 1.47. The van der Waals surface area contributed by atoms with Crippen molar-refractivity contribution in [2.24, 2.45) is 12.8 Å². The largest absolute Gasteiger partial charge is 0.368 e. The Balaban J connectivity index is 1.55. The lowest BCUT2D eigenvalue weighted by Gasteiger charge is -2.39. The van der Waals surface area contributed by atoms with Crippen LogP contribution >= 0.6 is 11.3 Å². The molecule has 3 aromatic heterocycles. The second-order valence-corrected chi connectivity index (χ2v) is 9.87. The summed E-state index contributed by atoms with van der Waals surface area (Å²) in [6.07, 6.45) is 5.04. The van der Waals surface area contributed by atoms with Crippen molar-refractivity contribution in [2.75, 3.05) is 6.54 Å². The zero-order chi connectivity index (χ0) is 26.5. The second kappa shape index (κ2) is 11.3. The fraction of sp³-hybridized carbons (Fsp3) is 0.375. The van der Waals surface area contributed by atoms with Gasteiger partial charge >= 0.3 is 0 Å². The summed E-state index contributed by atoms with van der Waals surface area (Å²) in [4.78, 5) is 62.0. The van der Waals surface area contributed by atoms with E-state index in [0.29, 0.717) is 17.8 Å². The van der Waals surface area contributed by atoms with Gasteiger partial charge in [0, 0.05) is 43.3 Å². The number of hydrogen-bond acceptors (Lipinski definition) is 8. The molecule has 1 aliphatic rings. The van der Waals surface area contributed by atoms with Gasteiger partial charge in [0.2, 0.25) is 11.8 Å². The molecule has 0 saturated carbocycles. The summed E-state index contributed by atoms with van der Waals surface area (Å²) in [6.45, 7) is 1.98. The number of likely N-dealkylation sites (tertiary alicyclic amines) is 1. The molecule has 1 saturated heterocycles. The van der Waals surface area contributed by atoms with E-state index in [2.05, 4.69) is 25.7 Å². The van der Waals surface area contributed by atoms with Crippen LogP contribution in [0.1, 0.15) is 44.4 Å². The third-order valence-corrected chi connectivity index (χ3v) is 7.06. The third-order valence-electron chi connectivity index (χ3n) is 6.16. The highest BCUT2D eigenvalue weighted by Gasteiger charge is 2.39. The molecule has 4 N–H and O–H groups in total. The van der Waals surface area contributed by atoms with Crippen molar-refractivity contribution in [2.45, 2.75) is 44.3 Å². The number of hydrogen-bond donors (Lipinski definition) is 3. The van der Waals surface area contributed by atoms with E-state index in [1.54, 1.807) is 20.0 Å². The van der Waals surface area contributed by atoms with Gasteiger partial charge in [-0.25, -0.2) is 4.98 Å². The van der Waals surface area contributed by atoms with E-state index in [4.69, 9.17) is 5.73 Å². The molecule has 12 nitrogen and oxygen atoms in total. The maximum Gasteiger partial charge on any atom is 0.272 e. The Morgan fingerprint density at radius 1 is 1.27 bits per heavy atom. The molecular formula is C24H28N8O4S. The number of nitrogens with one attached hydrogen (secondary N) is 2. The minimum atomic E-state index is -0.950. The molecule has 4 heterocycles. The average molecular weight is 525 g/mol. The molecule has 0 radical (unpaired) electrons. The van der Waals surface area contributed by atoms with Crippen molar-refractivity contribution in [3.8, 4) is 0 Å². The van der Waals surface area contributed by atoms with Crippen molar-refractivity contribution >= 4 is 35.0 Å². The predicted octanol–water partition coefficient (Wildman–Crippen LogP) is 0.196. The van der Waals surface area contributed by atoms with Crippen molar-refractivity contribution in [3.63, 3.8) is 0 Å². The molecule has 194 valence electrons. The number of aryl methyl sites for hydroxylation is 2. The summed E-state index contributed by atoms with van der Waals surface area (Å²) in [5, 5.41) is 11.7. The van der Waals surface area contributed by atoms with Gasteiger partial charge in [0.1, 0.15) is 23.5 Å². The molecule has 13 heteroatoms. The number of rotatable bonds is 8. The van der Waals surface area contributed by atoms with Crippen LogP contribution in [-0.2, 0) is 23.1 Å². The highest BCUT2D eigenvalue weighted by atomic mass is 32.1. The Morgan fingerprint density at radius 2 is 2.08 bits per heavy atom. The SMILES string of the molecule is Cc1cc(C(=O)N2CCC(NC(=O)c3cnccn3)CC2C(=O)NC(Cc2cccs2)C(N)=O)n(C)n1. The molecule has 1 fully saturated rings. The first-order chi connectivity index (χ1) is 17.7. The van der Waals surface area contributed by atoms with Gasteiger partial charge in [-0.15, -0.1) is 11.3 Å². The fourth-order valence-electron chi connectivity index (χ4n) is 4.34. The van der Waals surface area contributed by atoms with Crippen LogP contribution in [0.2, 0.25) is 0 Å². The van der Waals surface area contributed by atoms with Gasteiger partial charge < -0.3 is 21.3 Å². The Bertz CT molecular complexity index is 1280. The quantitative estimate of drug-likeness (QED) is 0.378. The van der Waals surface area contributed by atoms with Gasteiger partial charge in [0.15, 0.2) is 0 Å². The zero-order valence-corrected chi connectivity index (χ0v) is 21.3. The van der Waals surface area contributed by atoms with E-state index >= 15 is 0 Å². The first-order valence-electron chi connectivity index (χ1n) is 11.7. The van der Waals surface area contributed by atoms with E-state index in [1.165, 1.54) is 39.5 Å². The molecular weight excluding hydrogens is 496 g/mol. The van der Waals surface area contributed by atoms with E-state index in [1.807, 2.05) is 17.5 Å². The first kappa shape index (κ1) is 25.9. The number of carbonyl (C=O) groups is 4. The molecule has 0 aromatic carbocycles. The number of nitrogens with two attached hydrogens (primary N) is 1. The van der Waals surface area contributed by atoms with Gasteiger partial charge in [-0.2, -0.15) is 5.10 Å². The minimum Gasteiger partial charge on any atom is -0.368 e. The van der Waals surface area contributed by atoms with Gasteiger partial charge in [-0.05, 0) is 37.3 Å². The van der Waals surface area contributed by atoms with E-state index in [9.17, 15) is 19.2 Å². The Kier molecular flexibility index (Phi) is 7.92. The van der Waals surface area contributed by atoms with Gasteiger partial charge in [0.25, 0.3) is 11.8 Å². The molecule has 37 heavy (non-hydrogen) atoms. The van der Waals surface area contributed by atoms with Crippen molar-refractivity contribution < 1.29 is 19.2 Å². The Hall–Kier alpha value is -4.13. The molecule has 3 atom stereocenters. The van der Waals surface area contributed by atoms with Crippen LogP contribution in [0.3, 0.4) is 0 Å². The number of nitrogens with zero attached hydrogens (tertiary/aromatic N) is 5. The predicted molar refractivity (Wildman–Crippen MR) is 134 cm³/mol. The molecule has 0 aliphatic carbocycles. The standard InChI is InChI=1S/C24H28N8O4S/c1-14-10-20(31(2)30-14)24(36)32-8-5-15(28-22(34)18-13-26-6-7-27-18)11-19(32)23(35)29-17(21(25)33)12-16-4-3-9-37-16/h3-4,6-7,9-10,13,15,17,19H,5,8,11-12H2,1-2H3,(H2,25,33)(H,28,34)(H,29,35). The lowest BCUT2D eigenvalue weighted by molar-refractivity contribution is -0.131. The van der Waals surface area contributed by atoms with Gasteiger partial charge in [-0.3, -0.25) is 28.8 Å². The Labute approximate surface area is 217 Å². The number of thiophene rings is 1. The fourth-order valence-corrected chi connectivity index (χ4v) is 5.09. The lowest BCUT2D eigenvalue weighted by Crippen LogP contribution is -2.60. The van der Waals surface area contributed by atoms with Crippen LogP contribution in [0, 0.1) is 6.92 Å². The van der Waals surface area contributed by atoms with Crippen LogP contribution in [0.4, 0.5) is 0 Å². The molecule has 4 amide bonds. The second-order valence-electron chi connectivity index (χ2n) is 8.84. The monoisotopic (exact) mass is 524 g/mol. The number of amides is 4. The first-order valence-corrected chi connectivity index (χ1v) is 12.6. The molecule has 3 aromatic rings. The normalized spacial score (nSPS) is 18.2. The van der Waals surface area contributed by atoms with E-state index in [-0.39, 0.29) is 31.0 Å². The maximum atomic E-state index is 13.5. The van der Waals surface area contributed by atoms with Gasteiger partial charge in [-0.1, -0.05) is 6.07 Å². The maximum absolute atomic E-state index is 13.5. The summed E-state index contributed by atoms with van der Waals surface area (Å²) in [7, 11) is 1.66. The molecule has 1 aliphatic heterocycles. The summed E-state index contributed by atoms with van der Waals surface area (Å²) in [6, 6.07) is 3.05. The highest BCUT2D eigenvalue weighted by Crippen LogP contribution is 2.22. The molecule has 4 rings (SSSR count). The molecule has 3 unspecified atom stereocenters.